The van der Waals surface area contributed by atoms with Gasteiger partial charge in [0.1, 0.15) is 11.9 Å². The molecular formula is C20H20O5. The number of aliphatic hydroxyl groups is 3. The average molecular weight is 340 g/mol. The van der Waals surface area contributed by atoms with Crippen molar-refractivity contribution in [1.82, 2.24) is 0 Å². The minimum atomic E-state index is -1.09. The summed E-state index contributed by atoms with van der Waals surface area (Å²) in [4.78, 5) is 12.5. The topological polar surface area (TPSA) is 87.0 Å². The van der Waals surface area contributed by atoms with Crippen molar-refractivity contribution in [2.45, 2.75) is 31.2 Å². The number of carbonyl (C=O) groups is 1. The van der Waals surface area contributed by atoms with Crippen molar-refractivity contribution >= 4 is 5.78 Å². The highest BCUT2D eigenvalue weighted by Crippen LogP contribution is 2.38. The van der Waals surface area contributed by atoms with Crippen molar-refractivity contribution in [2.24, 2.45) is 5.92 Å². The molecule has 4 rings (SSSR count). The number of ether oxygens (including phenoxy) is 1. The van der Waals surface area contributed by atoms with Crippen LogP contribution in [0.3, 0.4) is 0 Å². The van der Waals surface area contributed by atoms with Crippen LogP contribution in [0.2, 0.25) is 0 Å². The van der Waals surface area contributed by atoms with Gasteiger partial charge in [-0.2, -0.15) is 0 Å². The molecule has 3 N–H and O–H groups in total. The van der Waals surface area contributed by atoms with Crippen LogP contribution in [0.15, 0.2) is 42.5 Å². The summed E-state index contributed by atoms with van der Waals surface area (Å²) in [6, 6.07) is 13.0. The molecule has 0 aliphatic heterocycles. The van der Waals surface area contributed by atoms with Gasteiger partial charge in [0.15, 0.2) is 5.78 Å². The van der Waals surface area contributed by atoms with Gasteiger partial charge < -0.3 is 20.1 Å². The lowest BCUT2D eigenvalue weighted by molar-refractivity contribution is -0.104. The summed E-state index contributed by atoms with van der Waals surface area (Å²) in [7, 11) is 0. The molecule has 2 aliphatic rings. The highest BCUT2D eigenvalue weighted by Gasteiger charge is 2.35. The predicted molar refractivity (Wildman–Crippen MR) is 91.5 cm³/mol. The number of ketones is 1. The van der Waals surface area contributed by atoms with E-state index in [1.165, 1.54) is 0 Å². The van der Waals surface area contributed by atoms with Crippen LogP contribution >= 0.6 is 0 Å². The van der Waals surface area contributed by atoms with Crippen LogP contribution < -0.4 is 4.74 Å². The molecule has 0 radical (unpaired) electrons. The van der Waals surface area contributed by atoms with Crippen LogP contribution in [-0.2, 0) is 0 Å². The van der Waals surface area contributed by atoms with Gasteiger partial charge in [-0.1, -0.05) is 24.3 Å². The summed E-state index contributed by atoms with van der Waals surface area (Å²) in [5.74, 6) is 0.548. The maximum Gasteiger partial charge on any atom is 0.194 e. The molecule has 2 atom stereocenters. The SMILES string of the molecule is O=C1c2ccccc2-c2ccc(OCC3CC(O)C(O)C(O)C3)cc21. The summed E-state index contributed by atoms with van der Waals surface area (Å²) in [5.41, 5.74) is 3.21. The zero-order valence-corrected chi connectivity index (χ0v) is 13.6. The Labute approximate surface area is 145 Å². The van der Waals surface area contributed by atoms with Crippen molar-refractivity contribution in [3.63, 3.8) is 0 Å². The van der Waals surface area contributed by atoms with Gasteiger partial charge in [-0.3, -0.25) is 4.79 Å². The normalized spacial score (nSPS) is 27.7. The number of hydrogen-bond donors (Lipinski definition) is 3. The lowest BCUT2D eigenvalue weighted by Crippen LogP contribution is -2.45. The Morgan fingerprint density at radius 2 is 1.52 bits per heavy atom. The fourth-order valence-electron chi connectivity index (χ4n) is 3.76. The van der Waals surface area contributed by atoms with Gasteiger partial charge in [0, 0.05) is 11.1 Å². The molecular weight excluding hydrogens is 320 g/mol. The Hall–Kier alpha value is -2.21. The highest BCUT2D eigenvalue weighted by molar-refractivity contribution is 6.21. The van der Waals surface area contributed by atoms with E-state index in [1.54, 1.807) is 6.07 Å². The second kappa shape index (κ2) is 6.26. The Morgan fingerprint density at radius 3 is 2.24 bits per heavy atom. The standard InChI is InChI=1S/C20H20O5/c21-17-7-11(8-18(22)20(17)24)10-25-12-5-6-14-13-3-1-2-4-15(13)19(23)16(14)9-12/h1-6,9,11,17-18,20-22,24H,7-8,10H2. The molecule has 0 spiro atoms. The molecule has 2 aromatic rings. The molecule has 2 aliphatic carbocycles. The summed E-state index contributed by atoms with van der Waals surface area (Å²) in [5, 5.41) is 29.1. The second-order valence-electron chi connectivity index (χ2n) is 6.86. The molecule has 2 aromatic carbocycles. The average Bonchev–Trinajstić information content (AvgIpc) is 2.90. The third-order valence-electron chi connectivity index (χ3n) is 5.12. The first-order valence-corrected chi connectivity index (χ1v) is 8.49. The van der Waals surface area contributed by atoms with E-state index in [2.05, 4.69) is 0 Å². The Balaban J connectivity index is 1.48. The van der Waals surface area contributed by atoms with Gasteiger partial charge in [0.2, 0.25) is 0 Å². The van der Waals surface area contributed by atoms with Crippen molar-refractivity contribution in [2.75, 3.05) is 6.61 Å². The van der Waals surface area contributed by atoms with E-state index < -0.39 is 18.3 Å². The number of carbonyl (C=O) groups excluding carboxylic acids is 1. The molecule has 0 aromatic heterocycles. The van der Waals surface area contributed by atoms with Crippen molar-refractivity contribution in [1.29, 1.82) is 0 Å². The largest absolute Gasteiger partial charge is 0.493 e. The number of hydrogen-bond acceptors (Lipinski definition) is 5. The molecule has 1 fully saturated rings. The molecule has 0 bridgehead atoms. The summed E-state index contributed by atoms with van der Waals surface area (Å²) in [6.07, 6.45) is -2.20. The Kier molecular flexibility index (Phi) is 4.07. The number of benzene rings is 2. The van der Waals surface area contributed by atoms with Crippen LogP contribution in [0.1, 0.15) is 28.8 Å². The predicted octanol–water partition coefficient (Wildman–Crippen LogP) is 1.77. The van der Waals surface area contributed by atoms with E-state index >= 15 is 0 Å². The Bertz CT molecular complexity index is 803. The van der Waals surface area contributed by atoms with E-state index in [0.29, 0.717) is 36.3 Å². The van der Waals surface area contributed by atoms with Crippen LogP contribution in [0, 0.1) is 5.92 Å². The van der Waals surface area contributed by atoms with Gasteiger partial charge in [-0.05, 0) is 48.1 Å². The monoisotopic (exact) mass is 340 g/mol. The van der Waals surface area contributed by atoms with Crippen LogP contribution in [0.4, 0.5) is 0 Å². The minimum absolute atomic E-state index is 0.00248. The molecule has 5 nitrogen and oxygen atoms in total. The molecule has 130 valence electrons. The van der Waals surface area contributed by atoms with E-state index in [0.717, 1.165) is 11.1 Å². The third-order valence-corrected chi connectivity index (χ3v) is 5.12. The van der Waals surface area contributed by atoms with Gasteiger partial charge in [-0.15, -0.1) is 0 Å². The van der Waals surface area contributed by atoms with Crippen LogP contribution in [-0.4, -0.2) is 46.0 Å². The number of aliphatic hydroxyl groups excluding tert-OH is 3. The third kappa shape index (κ3) is 2.84. The molecule has 0 saturated heterocycles. The maximum atomic E-state index is 12.5. The molecule has 5 heteroatoms. The number of rotatable bonds is 3. The number of fused-ring (bicyclic) bond motifs is 3. The second-order valence-corrected chi connectivity index (χ2v) is 6.86. The van der Waals surface area contributed by atoms with Gasteiger partial charge >= 0.3 is 0 Å². The van der Waals surface area contributed by atoms with Gasteiger partial charge in [-0.25, -0.2) is 0 Å². The molecule has 1 saturated carbocycles. The summed E-state index contributed by atoms with van der Waals surface area (Å²) >= 11 is 0. The zero-order chi connectivity index (χ0) is 17.6. The van der Waals surface area contributed by atoms with Gasteiger partial charge in [0.05, 0.1) is 18.8 Å². The maximum absolute atomic E-state index is 12.5. The first-order chi connectivity index (χ1) is 12.0. The van der Waals surface area contributed by atoms with E-state index in [-0.39, 0.29) is 11.7 Å². The first-order valence-electron chi connectivity index (χ1n) is 8.49. The highest BCUT2D eigenvalue weighted by atomic mass is 16.5. The van der Waals surface area contributed by atoms with Crippen molar-refractivity contribution < 1.29 is 24.9 Å². The quantitative estimate of drug-likeness (QED) is 0.676. The van der Waals surface area contributed by atoms with E-state index in [1.807, 2.05) is 36.4 Å². The van der Waals surface area contributed by atoms with Crippen LogP contribution in [0.25, 0.3) is 11.1 Å². The Morgan fingerprint density at radius 1 is 0.880 bits per heavy atom. The minimum Gasteiger partial charge on any atom is -0.493 e. The summed E-state index contributed by atoms with van der Waals surface area (Å²) in [6.45, 7) is 0.320. The van der Waals surface area contributed by atoms with E-state index in [9.17, 15) is 20.1 Å². The fraction of sp³-hybridized carbons (Fsp3) is 0.350. The fourth-order valence-corrected chi connectivity index (χ4v) is 3.76. The molecule has 0 amide bonds. The van der Waals surface area contributed by atoms with Crippen LogP contribution in [0.5, 0.6) is 5.75 Å². The molecule has 2 unspecified atom stereocenters. The molecule has 0 heterocycles. The van der Waals surface area contributed by atoms with Gasteiger partial charge in [0.25, 0.3) is 0 Å². The van der Waals surface area contributed by atoms with E-state index in [4.69, 9.17) is 4.74 Å². The summed E-state index contributed by atoms with van der Waals surface area (Å²) < 4.78 is 5.79. The molecule has 25 heavy (non-hydrogen) atoms. The lowest BCUT2D eigenvalue weighted by atomic mass is 9.84. The van der Waals surface area contributed by atoms with Crippen molar-refractivity contribution in [3.05, 3.63) is 53.6 Å². The zero-order valence-electron chi connectivity index (χ0n) is 13.6. The smallest absolute Gasteiger partial charge is 0.194 e. The van der Waals surface area contributed by atoms with Crippen molar-refractivity contribution in [3.8, 4) is 16.9 Å². The lowest BCUT2D eigenvalue weighted by Gasteiger charge is -2.33. The first kappa shape index (κ1) is 16.3.